The fraction of sp³-hybridized carbons (Fsp3) is 0.368. The zero-order valence-corrected chi connectivity index (χ0v) is 16.3. The van der Waals surface area contributed by atoms with Gasteiger partial charge in [0.25, 0.3) is 0 Å². The lowest BCUT2D eigenvalue weighted by Crippen LogP contribution is -2.33. The Morgan fingerprint density at radius 1 is 1.35 bits per heavy atom. The number of nitrogens with zero attached hydrogens (tertiary/aromatic N) is 5. The third-order valence-electron chi connectivity index (χ3n) is 4.34. The third kappa shape index (κ3) is 3.88. The van der Waals surface area contributed by atoms with Crippen LogP contribution in [0.2, 0.25) is 0 Å². The minimum absolute atomic E-state index is 0.0493. The van der Waals surface area contributed by atoms with Gasteiger partial charge in [-0.05, 0) is 38.5 Å². The summed E-state index contributed by atoms with van der Waals surface area (Å²) in [4.78, 5) is 19.1. The summed E-state index contributed by atoms with van der Waals surface area (Å²) in [6.45, 7) is 7.25. The minimum atomic E-state index is -0.230. The van der Waals surface area contributed by atoms with E-state index in [9.17, 15) is 4.79 Å². The molecule has 0 unspecified atom stereocenters. The van der Waals surface area contributed by atoms with Crippen molar-refractivity contribution in [1.29, 1.82) is 0 Å². The van der Waals surface area contributed by atoms with Crippen LogP contribution in [0.3, 0.4) is 0 Å². The number of pyridine rings is 1. The Hall–Kier alpha value is -2.41. The Bertz CT molecular complexity index is 923. The van der Waals surface area contributed by atoms with E-state index in [0.717, 1.165) is 28.3 Å². The number of aromatic nitrogens is 4. The molecule has 1 amide bonds. The van der Waals surface area contributed by atoms with Gasteiger partial charge in [0.1, 0.15) is 6.33 Å². The summed E-state index contributed by atoms with van der Waals surface area (Å²) in [5.41, 5.74) is 2.13. The second-order valence-corrected chi connectivity index (χ2v) is 7.64. The Morgan fingerprint density at radius 3 is 2.88 bits per heavy atom. The first-order valence-corrected chi connectivity index (χ1v) is 9.52. The number of rotatable bonds is 6. The summed E-state index contributed by atoms with van der Waals surface area (Å²) in [5, 5.41) is 9.80. The maximum absolute atomic E-state index is 12.7. The van der Waals surface area contributed by atoms with Gasteiger partial charge in [0.15, 0.2) is 5.82 Å². The Labute approximate surface area is 157 Å². The number of thioether (sulfide) groups is 1. The van der Waals surface area contributed by atoms with Crippen molar-refractivity contribution in [3.8, 4) is 0 Å². The standard InChI is InChI=1S/C19H23N5OS/c1-5-24-12-20-22-17(24)11-23(4)19(25)14(3)26-18-10-13(2)15-8-6-7-9-16(15)21-18/h6-10,12,14H,5,11H2,1-4H3/t14-/m1/s1. The molecule has 0 bridgehead atoms. The summed E-state index contributed by atoms with van der Waals surface area (Å²) < 4.78 is 1.94. The highest BCUT2D eigenvalue weighted by Gasteiger charge is 2.21. The highest BCUT2D eigenvalue weighted by molar-refractivity contribution is 8.00. The van der Waals surface area contributed by atoms with Crippen molar-refractivity contribution >= 4 is 28.6 Å². The molecular formula is C19H23N5OS. The van der Waals surface area contributed by atoms with Crippen molar-refractivity contribution in [1.82, 2.24) is 24.6 Å². The summed E-state index contributed by atoms with van der Waals surface area (Å²) in [7, 11) is 1.80. The molecule has 0 aliphatic rings. The first-order valence-electron chi connectivity index (χ1n) is 8.64. The Kier molecular flexibility index (Phi) is 5.56. The molecule has 0 spiro atoms. The van der Waals surface area contributed by atoms with Crippen LogP contribution in [-0.2, 0) is 17.9 Å². The van der Waals surface area contributed by atoms with Gasteiger partial charge in [-0.2, -0.15) is 0 Å². The van der Waals surface area contributed by atoms with E-state index in [1.165, 1.54) is 17.3 Å². The molecule has 0 radical (unpaired) electrons. The number of aryl methyl sites for hydroxylation is 2. The normalized spacial score (nSPS) is 12.3. The number of carbonyl (C=O) groups is 1. The topological polar surface area (TPSA) is 63.9 Å². The van der Waals surface area contributed by atoms with Crippen LogP contribution in [0.25, 0.3) is 10.9 Å². The molecule has 0 saturated carbocycles. The van der Waals surface area contributed by atoms with Crippen LogP contribution >= 0.6 is 11.8 Å². The van der Waals surface area contributed by atoms with E-state index >= 15 is 0 Å². The average molecular weight is 369 g/mol. The van der Waals surface area contributed by atoms with Gasteiger partial charge < -0.3 is 9.47 Å². The van der Waals surface area contributed by atoms with Crippen molar-refractivity contribution in [2.45, 2.75) is 44.1 Å². The molecule has 0 aliphatic carbocycles. The lowest BCUT2D eigenvalue weighted by atomic mass is 10.1. The van der Waals surface area contributed by atoms with E-state index in [2.05, 4.69) is 28.2 Å². The molecule has 2 heterocycles. The van der Waals surface area contributed by atoms with Crippen LogP contribution in [0.1, 0.15) is 25.2 Å². The smallest absolute Gasteiger partial charge is 0.235 e. The van der Waals surface area contributed by atoms with Crippen LogP contribution in [-0.4, -0.2) is 42.9 Å². The molecule has 0 N–H and O–H groups in total. The summed E-state index contributed by atoms with van der Waals surface area (Å²) >= 11 is 1.49. The number of carbonyl (C=O) groups excluding carboxylic acids is 1. The zero-order chi connectivity index (χ0) is 18.7. The lowest BCUT2D eigenvalue weighted by molar-refractivity contribution is -0.129. The predicted molar refractivity (Wildman–Crippen MR) is 104 cm³/mol. The maximum atomic E-state index is 12.7. The second-order valence-electron chi connectivity index (χ2n) is 6.28. The van der Waals surface area contributed by atoms with Gasteiger partial charge >= 0.3 is 0 Å². The van der Waals surface area contributed by atoms with Crippen molar-refractivity contribution in [3.63, 3.8) is 0 Å². The summed E-state index contributed by atoms with van der Waals surface area (Å²) in [6.07, 6.45) is 1.69. The molecule has 26 heavy (non-hydrogen) atoms. The van der Waals surface area contributed by atoms with Gasteiger partial charge in [-0.3, -0.25) is 4.79 Å². The maximum Gasteiger partial charge on any atom is 0.235 e. The molecular weight excluding hydrogens is 346 g/mol. The zero-order valence-electron chi connectivity index (χ0n) is 15.5. The Morgan fingerprint density at radius 2 is 2.12 bits per heavy atom. The minimum Gasteiger partial charge on any atom is -0.337 e. The molecule has 3 rings (SSSR count). The molecule has 136 valence electrons. The molecule has 1 aromatic carbocycles. The van der Waals surface area contributed by atoms with Crippen LogP contribution in [0.4, 0.5) is 0 Å². The number of amides is 1. The third-order valence-corrected chi connectivity index (χ3v) is 5.34. The first-order chi connectivity index (χ1) is 12.5. The van der Waals surface area contributed by atoms with Gasteiger partial charge in [-0.25, -0.2) is 4.98 Å². The fourth-order valence-corrected chi connectivity index (χ4v) is 3.92. The van der Waals surface area contributed by atoms with Gasteiger partial charge in [0.05, 0.1) is 22.3 Å². The van der Waals surface area contributed by atoms with E-state index in [1.807, 2.05) is 42.7 Å². The van der Waals surface area contributed by atoms with Crippen molar-refractivity contribution in [2.75, 3.05) is 7.05 Å². The van der Waals surface area contributed by atoms with Gasteiger partial charge in [-0.15, -0.1) is 10.2 Å². The largest absolute Gasteiger partial charge is 0.337 e. The van der Waals surface area contributed by atoms with Gasteiger partial charge in [0.2, 0.25) is 5.91 Å². The van der Waals surface area contributed by atoms with E-state index in [-0.39, 0.29) is 11.2 Å². The second kappa shape index (κ2) is 7.86. The highest BCUT2D eigenvalue weighted by Crippen LogP contribution is 2.27. The number of para-hydroxylation sites is 1. The molecule has 7 heteroatoms. The summed E-state index contributed by atoms with van der Waals surface area (Å²) in [5.74, 6) is 0.841. The van der Waals surface area contributed by atoms with E-state index in [1.54, 1.807) is 18.3 Å². The summed E-state index contributed by atoms with van der Waals surface area (Å²) in [6, 6.07) is 10.1. The number of fused-ring (bicyclic) bond motifs is 1. The van der Waals surface area contributed by atoms with Gasteiger partial charge in [-0.1, -0.05) is 30.0 Å². The molecule has 0 fully saturated rings. The predicted octanol–water partition coefficient (Wildman–Crippen LogP) is 3.29. The first kappa shape index (κ1) is 18.4. The molecule has 6 nitrogen and oxygen atoms in total. The van der Waals surface area contributed by atoms with E-state index in [0.29, 0.717) is 6.54 Å². The molecule has 0 saturated heterocycles. The van der Waals surface area contributed by atoms with Crippen LogP contribution in [0.15, 0.2) is 41.7 Å². The van der Waals surface area contributed by atoms with Crippen LogP contribution < -0.4 is 0 Å². The fourth-order valence-electron chi connectivity index (χ4n) is 2.88. The van der Waals surface area contributed by atoms with E-state index in [4.69, 9.17) is 0 Å². The lowest BCUT2D eigenvalue weighted by Gasteiger charge is -2.21. The number of hydrogen-bond acceptors (Lipinski definition) is 5. The molecule has 2 aromatic heterocycles. The van der Waals surface area contributed by atoms with Crippen molar-refractivity contribution in [3.05, 3.63) is 48.0 Å². The van der Waals surface area contributed by atoms with Crippen LogP contribution in [0.5, 0.6) is 0 Å². The van der Waals surface area contributed by atoms with E-state index < -0.39 is 0 Å². The molecule has 1 atom stereocenters. The SMILES string of the molecule is CCn1cnnc1CN(C)C(=O)[C@@H](C)Sc1cc(C)c2ccccc2n1. The quantitative estimate of drug-likeness (QED) is 0.624. The molecule has 3 aromatic rings. The van der Waals surface area contributed by atoms with Crippen molar-refractivity contribution < 1.29 is 4.79 Å². The number of hydrogen-bond donors (Lipinski definition) is 0. The average Bonchev–Trinajstić information content (AvgIpc) is 3.08. The monoisotopic (exact) mass is 369 g/mol. The van der Waals surface area contributed by atoms with Gasteiger partial charge in [0, 0.05) is 19.0 Å². The van der Waals surface area contributed by atoms with Crippen LogP contribution in [0, 0.1) is 6.92 Å². The molecule has 0 aliphatic heterocycles. The number of benzene rings is 1. The highest BCUT2D eigenvalue weighted by atomic mass is 32.2. The Balaban J connectivity index is 1.71. The van der Waals surface area contributed by atoms with Crippen molar-refractivity contribution in [2.24, 2.45) is 0 Å².